The molecule has 2 saturated carbocycles. The van der Waals surface area contributed by atoms with Crippen molar-refractivity contribution in [3.8, 4) is 0 Å². The molecular formula is C14H26N2O. The van der Waals surface area contributed by atoms with Gasteiger partial charge in [0.1, 0.15) is 0 Å². The van der Waals surface area contributed by atoms with Gasteiger partial charge in [0, 0.05) is 13.1 Å². The monoisotopic (exact) mass is 238 g/mol. The maximum Gasteiger partial charge on any atom is 0.227 e. The Morgan fingerprint density at radius 3 is 2.18 bits per heavy atom. The second-order valence-electron chi connectivity index (χ2n) is 6.39. The zero-order valence-electron chi connectivity index (χ0n) is 11.1. The van der Waals surface area contributed by atoms with Crippen molar-refractivity contribution in [1.29, 1.82) is 0 Å². The Kier molecular flexibility index (Phi) is 3.76. The van der Waals surface area contributed by atoms with Gasteiger partial charge in [0.15, 0.2) is 0 Å². The molecule has 0 atom stereocenters. The highest BCUT2D eigenvalue weighted by molar-refractivity contribution is 5.83. The fourth-order valence-electron chi connectivity index (χ4n) is 2.80. The predicted molar refractivity (Wildman–Crippen MR) is 69.5 cm³/mol. The second kappa shape index (κ2) is 4.97. The third-order valence-electron chi connectivity index (χ3n) is 4.71. The van der Waals surface area contributed by atoms with Crippen molar-refractivity contribution in [2.75, 3.05) is 13.1 Å². The Hall–Kier alpha value is -0.570. The van der Waals surface area contributed by atoms with Crippen molar-refractivity contribution in [1.82, 2.24) is 5.32 Å². The largest absolute Gasteiger partial charge is 0.355 e. The van der Waals surface area contributed by atoms with Crippen molar-refractivity contribution < 1.29 is 4.79 Å². The third kappa shape index (κ3) is 3.01. The summed E-state index contributed by atoms with van der Waals surface area (Å²) >= 11 is 0. The zero-order chi connectivity index (χ0) is 12.4. The Morgan fingerprint density at radius 2 is 1.71 bits per heavy atom. The summed E-state index contributed by atoms with van der Waals surface area (Å²) in [5, 5.41) is 3.16. The topological polar surface area (TPSA) is 55.1 Å². The maximum atomic E-state index is 12.4. The Balaban J connectivity index is 1.92. The molecule has 3 N–H and O–H groups in total. The fraction of sp³-hybridized carbons (Fsp3) is 0.929. The standard InChI is InChI=1S/C14H26N2O/c1-13(8-9-13)11-16-12(17)14(10-15)6-4-2-3-5-7-14/h2-11,15H2,1H3,(H,16,17). The van der Waals surface area contributed by atoms with E-state index < -0.39 is 0 Å². The van der Waals surface area contributed by atoms with Crippen molar-refractivity contribution in [2.45, 2.75) is 58.3 Å². The maximum absolute atomic E-state index is 12.4. The van der Waals surface area contributed by atoms with Crippen LogP contribution in [-0.2, 0) is 4.79 Å². The molecule has 3 heteroatoms. The molecule has 17 heavy (non-hydrogen) atoms. The normalized spacial score (nSPS) is 26.0. The Bertz CT molecular complexity index is 276. The second-order valence-corrected chi connectivity index (χ2v) is 6.39. The molecule has 2 fully saturated rings. The number of hydrogen-bond acceptors (Lipinski definition) is 2. The average molecular weight is 238 g/mol. The number of carbonyl (C=O) groups excluding carboxylic acids is 1. The van der Waals surface area contributed by atoms with Crippen molar-refractivity contribution in [3.63, 3.8) is 0 Å². The lowest BCUT2D eigenvalue weighted by Crippen LogP contribution is -2.47. The van der Waals surface area contributed by atoms with Gasteiger partial charge in [-0.25, -0.2) is 0 Å². The zero-order valence-corrected chi connectivity index (χ0v) is 11.1. The van der Waals surface area contributed by atoms with Gasteiger partial charge >= 0.3 is 0 Å². The lowest BCUT2D eigenvalue weighted by Gasteiger charge is -2.30. The van der Waals surface area contributed by atoms with Gasteiger partial charge in [-0.15, -0.1) is 0 Å². The van der Waals surface area contributed by atoms with Crippen LogP contribution in [0.3, 0.4) is 0 Å². The van der Waals surface area contributed by atoms with E-state index in [4.69, 9.17) is 5.73 Å². The van der Waals surface area contributed by atoms with Gasteiger partial charge in [0.2, 0.25) is 5.91 Å². The van der Waals surface area contributed by atoms with Crippen LogP contribution in [0.15, 0.2) is 0 Å². The molecule has 0 unspecified atom stereocenters. The molecule has 2 aliphatic rings. The van der Waals surface area contributed by atoms with Gasteiger partial charge in [-0.3, -0.25) is 4.79 Å². The molecule has 0 aromatic carbocycles. The van der Waals surface area contributed by atoms with Crippen LogP contribution in [0.5, 0.6) is 0 Å². The van der Waals surface area contributed by atoms with Gasteiger partial charge in [0.05, 0.1) is 5.41 Å². The van der Waals surface area contributed by atoms with Crippen molar-refractivity contribution >= 4 is 5.91 Å². The summed E-state index contributed by atoms with van der Waals surface area (Å²) in [6.45, 7) is 3.60. The van der Waals surface area contributed by atoms with Crippen LogP contribution in [0, 0.1) is 10.8 Å². The molecule has 0 bridgehead atoms. The Morgan fingerprint density at radius 1 is 1.12 bits per heavy atom. The van der Waals surface area contributed by atoms with Gasteiger partial charge in [-0.2, -0.15) is 0 Å². The molecule has 2 aliphatic carbocycles. The van der Waals surface area contributed by atoms with Crippen LogP contribution >= 0.6 is 0 Å². The third-order valence-corrected chi connectivity index (χ3v) is 4.71. The molecule has 0 aliphatic heterocycles. The summed E-state index contributed by atoms with van der Waals surface area (Å²) in [7, 11) is 0. The van der Waals surface area contributed by atoms with Gasteiger partial charge in [-0.05, 0) is 31.1 Å². The molecule has 1 amide bonds. The van der Waals surface area contributed by atoms with Crippen LogP contribution in [-0.4, -0.2) is 19.0 Å². The predicted octanol–water partition coefficient (Wildman–Crippen LogP) is 2.20. The van der Waals surface area contributed by atoms with E-state index in [1.165, 1.54) is 25.7 Å². The minimum absolute atomic E-state index is 0.218. The first-order valence-electron chi connectivity index (χ1n) is 7.09. The van der Waals surface area contributed by atoms with E-state index in [-0.39, 0.29) is 11.3 Å². The number of amides is 1. The van der Waals surface area contributed by atoms with Gasteiger partial charge in [-0.1, -0.05) is 32.6 Å². The molecule has 0 saturated heterocycles. The molecule has 0 heterocycles. The smallest absolute Gasteiger partial charge is 0.227 e. The number of carbonyl (C=O) groups is 1. The number of hydrogen-bond donors (Lipinski definition) is 2. The van der Waals surface area contributed by atoms with Crippen LogP contribution < -0.4 is 11.1 Å². The molecule has 2 rings (SSSR count). The highest BCUT2D eigenvalue weighted by atomic mass is 16.2. The number of nitrogens with two attached hydrogens (primary N) is 1. The lowest BCUT2D eigenvalue weighted by molar-refractivity contribution is -0.131. The molecule has 0 radical (unpaired) electrons. The molecule has 0 aromatic rings. The first kappa shape index (κ1) is 12.9. The first-order valence-corrected chi connectivity index (χ1v) is 7.09. The van der Waals surface area contributed by atoms with Crippen molar-refractivity contribution in [3.05, 3.63) is 0 Å². The molecule has 0 spiro atoms. The lowest BCUT2D eigenvalue weighted by atomic mass is 9.79. The van der Waals surface area contributed by atoms with Crippen LogP contribution in [0.1, 0.15) is 58.3 Å². The minimum Gasteiger partial charge on any atom is -0.355 e. The summed E-state index contributed by atoms with van der Waals surface area (Å²) in [6.07, 6.45) is 9.28. The summed E-state index contributed by atoms with van der Waals surface area (Å²) in [6, 6.07) is 0. The first-order chi connectivity index (χ1) is 8.10. The molecule has 3 nitrogen and oxygen atoms in total. The van der Waals surface area contributed by atoms with Crippen LogP contribution in [0.2, 0.25) is 0 Å². The molecule has 0 aromatic heterocycles. The number of nitrogens with one attached hydrogen (secondary N) is 1. The van der Waals surface area contributed by atoms with E-state index in [0.717, 1.165) is 32.2 Å². The highest BCUT2D eigenvalue weighted by Gasteiger charge is 2.41. The SMILES string of the molecule is CC1(CNC(=O)C2(CN)CCCCCC2)CC1. The highest BCUT2D eigenvalue weighted by Crippen LogP contribution is 2.44. The minimum atomic E-state index is -0.262. The molecule has 98 valence electrons. The quantitative estimate of drug-likeness (QED) is 0.738. The van der Waals surface area contributed by atoms with E-state index in [2.05, 4.69) is 12.2 Å². The van der Waals surface area contributed by atoms with Crippen LogP contribution in [0.25, 0.3) is 0 Å². The average Bonchev–Trinajstić information content (AvgIpc) is 3.10. The number of rotatable bonds is 4. The van der Waals surface area contributed by atoms with Gasteiger partial charge in [0.25, 0.3) is 0 Å². The summed E-state index contributed by atoms with van der Waals surface area (Å²) in [5.74, 6) is 0.218. The fourth-order valence-corrected chi connectivity index (χ4v) is 2.80. The van der Waals surface area contributed by atoms with Crippen LogP contribution in [0.4, 0.5) is 0 Å². The van der Waals surface area contributed by atoms with E-state index in [1.54, 1.807) is 0 Å². The van der Waals surface area contributed by atoms with Crippen molar-refractivity contribution in [2.24, 2.45) is 16.6 Å². The molecular weight excluding hydrogens is 212 g/mol. The van der Waals surface area contributed by atoms with E-state index in [0.29, 0.717) is 12.0 Å². The van der Waals surface area contributed by atoms with Gasteiger partial charge < -0.3 is 11.1 Å². The van der Waals surface area contributed by atoms with E-state index in [9.17, 15) is 4.79 Å². The summed E-state index contributed by atoms with van der Waals surface area (Å²) in [5.41, 5.74) is 6.03. The van der Waals surface area contributed by atoms with E-state index in [1.807, 2.05) is 0 Å². The Labute approximate surface area is 105 Å². The summed E-state index contributed by atoms with van der Waals surface area (Å²) in [4.78, 5) is 12.4. The van der Waals surface area contributed by atoms with E-state index >= 15 is 0 Å². The summed E-state index contributed by atoms with van der Waals surface area (Å²) < 4.78 is 0.